The molecule has 0 aliphatic heterocycles. The molecule has 22 heavy (non-hydrogen) atoms. The van der Waals surface area contributed by atoms with E-state index < -0.39 is 8.32 Å². The van der Waals surface area contributed by atoms with Crippen molar-refractivity contribution in [3.63, 3.8) is 0 Å². The molecule has 4 heteroatoms. The topological polar surface area (TPSA) is 35.5 Å². The number of rotatable bonds is 11. The predicted octanol–water partition coefficient (Wildman–Crippen LogP) is 5.59. The van der Waals surface area contributed by atoms with Crippen LogP contribution in [0.5, 0.6) is 0 Å². The van der Waals surface area contributed by atoms with Crippen molar-refractivity contribution >= 4 is 14.8 Å². The van der Waals surface area contributed by atoms with Crippen LogP contribution in [-0.2, 0) is 14.0 Å². The molecule has 0 saturated carbocycles. The second kappa shape index (κ2) is 9.88. The monoisotopic (exact) mass is 326 g/mol. The number of carbonyl (C=O) groups is 1. The van der Waals surface area contributed by atoms with Crippen molar-refractivity contribution in [1.29, 1.82) is 0 Å². The smallest absolute Gasteiger partial charge is 0.293 e. The highest BCUT2D eigenvalue weighted by atomic mass is 28.4. The van der Waals surface area contributed by atoms with Crippen molar-refractivity contribution in [1.82, 2.24) is 0 Å². The molecule has 0 aromatic rings. The second-order valence-electron chi connectivity index (χ2n) is 7.32. The van der Waals surface area contributed by atoms with Gasteiger partial charge in [-0.3, -0.25) is 4.79 Å². The maximum absolute atomic E-state index is 10.6. The van der Waals surface area contributed by atoms with E-state index in [4.69, 9.17) is 9.16 Å². The van der Waals surface area contributed by atoms with Gasteiger partial charge in [0, 0.05) is 6.42 Å². The zero-order valence-corrected chi connectivity index (χ0v) is 16.3. The first kappa shape index (κ1) is 21.0. The third kappa shape index (κ3) is 8.42. The standard InChI is InChI=1S/C18H34O3Si/c1-8-9-10-13-17(20-15-19)14-11-12-16(2)21-22(6,7)18(3,4)5/h11-12,15,17H,2,8-10,13-14H2,1,3-7H3/b12-11+/t17-/m1/s1. The first-order valence-corrected chi connectivity index (χ1v) is 11.2. The van der Waals surface area contributed by atoms with Crippen LogP contribution in [0.3, 0.4) is 0 Å². The van der Waals surface area contributed by atoms with E-state index in [1.165, 1.54) is 12.8 Å². The Morgan fingerprint density at radius 2 is 1.91 bits per heavy atom. The summed E-state index contributed by atoms with van der Waals surface area (Å²) in [5.74, 6) is 0.699. The number of carbonyl (C=O) groups excluding carboxylic acids is 1. The number of hydrogen-bond acceptors (Lipinski definition) is 3. The van der Waals surface area contributed by atoms with E-state index in [-0.39, 0.29) is 11.1 Å². The van der Waals surface area contributed by atoms with Crippen LogP contribution < -0.4 is 0 Å². The minimum atomic E-state index is -1.82. The number of allylic oxidation sites excluding steroid dienone is 1. The van der Waals surface area contributed by atoms with Crippen LogP contribution in [0.1, 0.15) is 59.8 Å². The first-order chi connectivity index (χ1) is 10.1. The summed E-state index contributed by atoms with van der Waals surface area (Å²) in [4.78, 5) is 10.6. The molecule has 0 aromatic carbocycles. The molecule has 0 bridgehead atoms. The van der Waals surface area contributed by atoms with Crippen LogP contribution in [0, 0.1) is 0 Å². The van der Waals surface area contributed by atoms with E-state index in [0.717, 1.165) is 12.8 Å². The summed E-state index contributed by atoms with van der Waals surface area (Å²) in [6.07, 6.45) is 8.90. The molecular formula is C18H34O3Si. The van der Waals surface area contributed by atoms with Gasteiger partial charge in [0.1, 0.15) is 6.10 Å². The van der Waals surface area contributed by atoms with E-state index in [9.17, 15) is 4.79 Å². The van der Waals surface area contributed by atoms with Crippen LogP contribution in [0.15, 0.2) is 24.5 Å². The van der Waals surface area contributed by atoms with Gasteiger partial charge in [0.2, 0.25) is 8.32 Å². The number of ether oxygens (including phenoxy) is 1. The average Bonchev–Trinajstić information content (AvgIpc) is 2.37. The molecule has 3 nitrogen and oxygen atoms in total. The van der Waals surface area contributed by atoms with Gasteiger partial charge in [-0.15, -0.1) is 0 Å². The molecule has 0 spiro atoms. The fourth-order valence-corrected chi connectivity index (χ4v) is 2.84. The number of hydrogen-bond donors (Lipinski definition) is 0. The lowest BCUT2D eigenvalue weighted by molar-refractivity contribution is -0.133. The van der Waals surface area contributed by atoms with Crippen molar-refractivity contribution in [2.75, 3.05) is 0 Å². The van der Waals surface area contributed by atoms with Crippen LogP contribution in [0.25, 0.3) is 0 Å². The van der Waals surface area contributed by atoms with E-state index in [2.05, 4.69) is 47.4 Å². The third-order valence-corrected chi connectivity index (χ3v) is 8.66. The summed E-state index contributed by atoms with van der Waals surface area (Å²) in [5.41, 5.74) is 0. The molecule has 128 valence electrons. The fourth-order valence-electron chi connectivity index (χ4n) is 1.81. The minimum absolute atomic E-state index is 0.0408. The molecule has 0 aromatic heterocycles. The van der Waals surface area contributed by atoms with E-state index in [1.807, 2.05) is 12.2 Å². The summed E-state index contributed by atoms with van der Waals surface area (Å²) in [6, 6.07) is 0. The van der Waals surface area contributed by atoms with Gasteiger partial charge >= 0.3 is 0 Å². The van der Waals surface area contributed by atoms with Gasteiger partial charge in [0.25, 0.3) is 6.47 Å². The summed E-state index contributed by atoms with van der Waals surface area (Å²) < 4.78 is 11.2. The quantitative estimate of drug-likeness (QED) is 0.163. The van der Waals surface area contributed by atoms with Gasteiger partial charge in [-0.05, 0) is 37.0 Å². The SMILES string of the molecule is C=C(/C=C/C[C@@H](CCCCC)OC=O)O[Si](C)(C)C(C)(C)C. The number of unbranched alkanes of at least 4 members (excludes halogenated alkanes) is 2. The molecule has 1 atom stereocenters. The van der Waals surface area contributed by atoms with E-state index >= 15 is 0 Å². The molecule has 0 unspecified atom stereocenters. The Kier molecular flexibility index (Phi) is 9.41. The summed E-state index contributed by atoms with van der Waals surface area (Å²) in [7, 11) is -1.82. The zero-order valence-electron chi connectivity index (χ0n) is 15.3. The average molecular weight is 327 g/mol. The highest BCUT2D eigenvalue weighted by Crippen LogP contribution is 2.37. The highest BCUT2D eigenvalue weighted by molar-refractivity contribution is 6.74. The molecule has 0 heterocycles. The Morgan fingerprint density at radius 3 is 2.41 bits per heavy atom. The molecule has 0 fully saturated rings. The van der Waals surface area contributed by atoms with Gasteiger partial charge < -0.3 is 9.16 Å². The molecule has 0 saturated heterocycles. The molecule has 0 N–H and O–H groups in total. The van der Waals surface area contributed by atoms with Crippen LogP contribution in [0.2, 0.25) is 18.1 Å². The Labute approximate surface area is 137 Å². The van der Waals surface area contributed by atoms with Gasteiger partial charge in [-0.2, -0.15) is 0 Å². The molecule has 0 aliphatic rings. The van der Waals surface area contributed by atoms with Gasteiger partial charge in [0.05, 0.1) is 5.76 Å². The van der Waals surface area contributed by atoms with Gasteiger partial charge in [0.15, 0.2) is 0 Å². The minimum Gasteiger partial charge on any atom is -0.544 e. The maximum Gasteiger partial charge on any atom is 0.293 e. The molecule has 0 aliphatic carbocycles. The Balaban J connectivity index is 4.38. The van der Waals surface area contributed by atoms with Crippen LogP contribution in [0.4, 0.5) is 0 Å². The van der Waals surface area contributed by atoms with Crippen molar-refractivity contribution in [3.05, 3.63) is 24.5 Å². The van der Waals surface area contributed by atoms with Crippen molar-refractivity contribution in [3.8, 4) is 0 Å². The molecule has 0 radical (unpaired) electrons. The van der Waals surface area contributed by atoms with Crippen LogP contribution >= 0.6 is 0 Å². The summed E-state index contributed by atoms with van der Waals surface area (Å²) in [5, 5.41) is 0.160. The predicted molar refractivity (Wildman–Crippen MR) is 96.3 cm³/mol. The van der Waals surface area contributed by atoms with Gasteiger partial charge in [-0.25, -0.2) is 0 Å². The van der Waals surface area contributed by atoms with Gasteiger partial charge in [-0.1, -0.05) is 53.2 Å². The van der Waals surface area contributed by atoms with Crippen molar-refractivity contribution < 1.29 is 14.0 Å². The molecular weight excluding hydrogens is 292 g/mol. The highest BCUT2D eigenvalue weighted by Gasteiger charge is 2.38. The maximum atomic E-state index is 10.6. The summed E-state index contributed by atoms with van der Waals surface area (Å²) in [6.45, 7) is 17.7. The molecule has 0 rings (SSSR count). The lowest BCUT2D eigenvalue weighted by atomic mass is 10.1. The Bertz CT molecular complexity index is 367. The third-order valence-electron chi connectivity index (χ3n) is 4.27. The lowest BCUT2D eigenvalue weighted by Crippen LogP contribution is -2.40. The first-order valence-electron chi connectivity index (χ1n) is 8.27. The summed E-state index contributed by atoms with van der Waals surface area (Å²) >= 11 is 0. The van der Waals surface area contributed by atoms with Crippen molar-refractivity contribution in [2.24, 2.45) is 0 Å². The Hall–Kier alpha value is -1.03. The van der Waals surface area contributed by atoms with Crippen molar-refractivity contribution in [2.45, 2.75) is 84.0 Å². The normalized spacial score (nSPS) is 13.9. The zero-order chi connectivity index (χ0) is 17.2. The fraction of sp³-hybridized carbons (Fsp3) is 0.722. The largest absolute Gasteiger partial charge is 0.544 e. The Morgan fingerprint density at radius 1 is 1.27 bits per heavy atom. The second-order valence-corrected chi connectivity index (χ2v) is 12.0. The van der Waals surface area contributed by atoms with Crippen LogP contribution in [-0.4, -0.2) is 20.9 Å². The molecule has 0 amide bonds. The van der Waals surface area contributed by atoms with E-state index in [0.29, 0.717) is 18.7 Å². The lowest BCUT2D eigenvalue weighted by Gasteiger charge is -2.36. The van der Waals surface area contributed by atoms with E-state index in [1.54, 1.807) is 0 Å².